The highest BCUT2D eigenvalue weighted by molar-refractivity contribution is 7.37. The number of rotatable bonds is 4. The first-order valence-electron chi connectivity index (χ1n) is 9.15. The maximum atomic E-state index is 13.0. The molecule has 0 fully saturated rings. The van der Waals surface area contributed by atoms with E-state index in [-0.39, 0.29) is 10.8 Å². The SMILES string of the molecule is CCC(C)(C)c1cc(C(C)(C)CC)c2c(c1)c1ccccc1o[p+]2=O. The van der Waals surface area contributed by atoms with Gasteiger partial charge in [-0.05, 0) is 52.0 Å². The second kappa shape index (κ2) is 6.25. The van der Waals surface area contributed by atoms with Crippen molar-refractivity contribution in [2.45, 2.75) is 65.2 Å². The molecule has 0 aliphatic carbocycles. The quantitative estimate of drug-likeness (QED) is 0.449. The van der Waals surface area contributed by atoms with Gasteiger partial charge < -0.3 is 0 Å². The molecule has 132 valence electrons. The summed E-state index contributed by atoms with van der Waals surface area (Å²) in [7, 11) is -1.89. The molecular formula is C22H28O2P+. The van der Waals surface area contributed by atoms with Gasteiger partial charge in [-0.2, -0.15) is 0 Å². The van der Waals surface area contributed by atoms with Gasteiger partial charge >= 0.3 is 7.65 Å². The van der Waals surface area contributed by atoms with Gasteiger partial charge in [-0.25, -0.2) is 4.20 Å². The van der Waals surface area contributed by atoms with E-state index in [2.05, 4.69) is 59.7 Å². The lowest BCUT2D eigenvalue weighted by atomic mass is 9.76. The van der Waals surface area contributed by atoms with Gasteiger partial charge in [-0.3, -0.25) is 0 Å². The zero-order valence-corrected chi connectivity index (χ0v) is 17.0. The number of fused-ring (bicyclic) bond motifs is 3. The number of hydrogen-bond donors (Lipinski definition) is 0. The summed E-state index contributed by atoms with van der Waals surface area (Å²) >= 11 is 0. The van der Waals surface area contributed by atoms with Gasteiger partial charge in [0.15, 0.2) is 5.58 Å². The number of benzene rings is 2. The van der Waals surface area contributed by atoms with E-state index in [1.54, 1.807) is 0 Å². The van der Waals surface area contributed by atoms with Crippen LogP contribution >= 0.6 is 7.65 Å². The van der Waals surface area contributed by atoms with Gasteiger partial charge in [0, 0.05) is 16.3 Å². The highest BCUT2D eigenvalue weighted by Gasteiger charge is 2.32. The van der Waals surface area contributed by atoms with E-state index >= 15 is 0 Å². The molecule has 25 heavy (non-hydrogen) atoms. The summed E-state index contributed by atoms with van der Waals surface area (Å²) in [6, 6.07) is 12.4. The van der Waals surface area contributed by atoms with Crippen LogP contribution in [0, 0.1) is 0 Å². The van der Waals surface area contributed by atoms with Crippen molar-refractivity contribution in [1.82, 2.24) is 0 Å². The molecular weight excluding hydrogens is 327 g/mol. The molecule has 0 aliphatic rings. The average Bonchev–Trinajstić information content (AvgIpc) is 2.60. The second-order valence-electron chi connectivity index (χ2n) is 8.24. The molecule has 1 atom stereocenters. The number of para-hydroxylation sites is 1. The van der Waals surface area contributed by atoms with E-state index < -0.39 is 7.65 Å². The fourth-order valence-electron chi connectivity index (χ4n) is 3.24. The molecule has 3 rings (SSSR count). The van der Waals surface area contributed by atoms with Crippen LogP contribution in [0.15, 0.2) is 40.6 Å². The van der Waals surface area contributed by atoms with E-state index in [1.165, 1.54) is 11.1 Å². The lowest BCUT2D eigenvalue weighted by Gasteiger charge is -2.28. The minimum absolute atomic E-state index is 0.0510. The highest BCUT2D eigenvalue weighted by Crippen LogP contribution is 2.45. The first-order valence-corrected chi connectivity index (χ1v) is 10.3. The van der Waals surface area contributed by atoms with Gasteiger partial charge in [0.2, 0.25) is 5.12 Å². The smallest absolute Gasteiger partial charge is 0.250 e. The highest BCUT2D eigenvalue weighted by atomic mass is 31.1. The van der Waals surface area contributed by atoms with Crippen LogP contribution in [-0.2, 0) is 15.4 Å². The van der Waals surface area contributed by atoms with Crippen LogP contribution < -0.4 is 0 Å². The van der Waals surface area contributed by atoms with Crippen molar-refractivity contribution in [2.75, 3.05) is 0 Å². The lowest BCUT2D eigenvalue weighted by Crippen LogP contribution is -2.20. The average molecular weight is 355 g/mol. The Bertz CT molecular complexity index is 996. The Balaban J connectivity index is 2.56. The monoisotopic (exact) mass is 355 g/mol. The van der Waals surface area contributed by atoms with E-state index in [0.717, 1.165) is 34.3 Å². The number of hydrogen-bond acceptors (Lipinski definition) is 2. The molecule has 2 nitrogen and oxygen atoms in total. The molecule has 0 amide bonds. The third-order valence-corrected chi connectivity index (χ3v) is 7.14. The molecule has 0 bridgehead atoms. The Labute approximate surface area is 151 Å². The van der Waals surface area contributed by atoms with Crippen molar-refractivity contribution < 1.29 is 8.76 Å². The first kappa shape index (κ1) is 18.1. The molecule has 1 aromatic heterocycles. The zero-order chi connectivity index (χ0) is 18.4. The molecule has 1 heterocycles. The third kappa shape index (κ3) is 3.02. The summed E-state index contributed by atoms with van der Waals surface area (Å²) < 4.78 is 18.8. The predicted molar refractivity (Wildman–Crippen MR) is 108 cm³/mol. The zero-order valence-electron chi connectivity index (χ0n) is 16.1. The molecule has 3 heteroatoms. The van der Waals surface area contributed by atoms with Gasteiger partial charge in [0.25, 0.3) is 0 Å². The first-order chi connectivity index (χ1) is 11.7. The van der Waals surface area contributed by atoms with Crippen molar-refractivity contribution in [2.24, 2.45) is 0 Å². The molecule has 0 radical (unpaired) electrons. The minimum Gasteiger partial charge on any atom is -0.250 e. The van der Waals surface area contributed by atoms with Crippen molar-refractivity contribution >= 4 is 29.1 Å². The van der Waals surface area contributed by atoms with Crippen molar-refractivity contribution in [3.8, 4) is 0 Å². The fourth-order valence-corrected chi connectivity index (χ4v) is 4.62. The molecule has 0 saturated heterocycles. The van der Waals surface area contributed by atoms with Gasteiger partial charge in [-0.1, -0.05) is 59.7 Å². The largest absolute Gasteiger partial charge is 0.598 e. The maximum Gasteiger partial charge on any atom is 0.598 e. The topological polar surface area (TPSA) is 30.2 Å². The standard InChI is InChI=1S/C22H28O2P/c1-7-21(3,4)15-13-17-16-11-9-10-12-19(16)24-25(23)20(17)18(14-15)22(5,6)8-2/h9-14H,7-8H2,1-6H3/q+1. The molecule has 0 N–H and O–H groups in total. The van der Waals surface area contributed by atoms with E-state index in [0.29, 0.717) is 0 Å². The summed E-state index contributed by atoms with van der Waals surface area (Å²) in [5, 5.41) is 3.02. The van der Waals surface area contributed by atoms with Crippen molar-refractivity contribution in [3.05, 3.63) is 47.5 Å². The molecule has 3 aromatic rings. The van der Waals surface area contributed by atoms with Crippen LogP contribution in [0.1, 0.15) is 65.5 Å². The molecule has 1 unspecified atom stereocenters. The maximum absolute atomic E-state index is 13.0. The van der Waals surface area contributed by atoms with Crippen LogP contribution in [0.25, 0.3) is 21.5 Å². The Morgan fingerprint density at radius 3 is 2.20 bits per heavy atom. The second-order valence-corrected chi connectivity index (χ2v) is 9.38. The Kier molecular flexibility index (Phi) is 4.54. The Morgan fingerprint density at radius 1 is 0.920 bits per heavy atom. The summed E-state index contributed by atoms with van der Waals surface area (Å²) in [5.74, 6) is 0. The van der Waals surface area contributed by atoms with Crippen molar-refractivity contribution in [1.29, 1.82) is 0 Å². The van der Waals surface area contributed by atoms with Gasteiger partial charge in [0.1, 0.15) is 0 Å². The van der Waals surface area contributed by atoms with E-state index in [4.69, 9.17) is 4.20 Å². The molecule has 2 aromatic carbocycles. The van der Waals surface area contributed by atoms with Crippen LogP contribution in [-0.4, -0.2) is 0 Å². The Morgan fingerprint density at radius 2 is 1.56 bits per heavy atom. The normalized spacial score (nSPS) is 13.6. The summed E-state index contributed by atoms with van der Waals surface area (Å²) in [6.07, 6.45) is 2.04. The van der Waals surface area contributed by atoms with Crippen molar-refractivity contribution in [3.63, 3.8) is 0 Å². The van der Waals surface area contributed by atoms with E-state index in [9.17, 15) is 4.57 Å². The summed E-state index contributed by atoms with van der Waals surface area (Å²) in [4.78, 5) is 0. The Hall–Kier alpha value is -1.66. The van der Waals surface area contributed by atoms with Crippen LogP contribution in [0.2, 0.25) is 0 Å². The van der Waals surface area contributed by atoms with Crippen LogP contribution in [0.4, 0.5) is 0 Å². The lowest BCUT2D eigenvalue weighted by molar-refractivity contribution is 0.492. The molecule has 0 spiro atoms. The van der Waals surface area contributed by atoms with E-state index in [1.807, 2.05) is 18.2 Å². The summed E-state index contributed by atoms with van der Waals surface area (Å²) in [5.41, 5.74) is 3.23. The third-order valence-electron chi connectivity index (χ3n) is 5.93. The predicted octanol–water partition coefficient (Wildman–Crippen LogP) is 7.70. The summed E-state index contributed by atoms with van der Waals surface area (Å²) in [6.45, 7) is 13.4. The fraction of sp³-hybridized carbons (Fsp3) is 0.455. The molecule has 0 saturated carbocycles. The minimum atomic E-state index is -1.89. The van der Waals surface area contributed by atoms with Gasteiger partial charge in [-0.15, -0.1) is 0 Å². The molecule has 0 aliphatic heterocycles. The van der Waals surface area contributed by atoms with Crippen LogP contribution in [0.3, 0.4) is 0 Å². The van der Waals surface area contributed by atoms with Gasteiger partial charge in [0.05, 0.1) is 0 Å². The van der Waals surface area contributed by atoms with Crippen LogP contribution in [0.5, 0.6) is 0 Å².